The van der Waals surface area contributed by atoms with Gasteiger partial charge in [0, 0.05) is 73.4 Å². The summed E-state index contributed by atoms with van der Waals surface area (Å²) in [5, 5.41) is 4.14. The molecule has 4 aromatic rings. The highest BCUT2D eigenvalue weighted by Crippen LogP contribution is 2.35. The number of aryl methyl sites for hydroxylation is 1. The molecule has 1 fully saturated rings. The van der Waals surface area contributed by atoms with Crippen LogP contribution < -0.4 is 20.5 Å². The van der Waals surface area contributed by atoms with Crippen LogP contribution in [-0.2, 0) is 22.4 Å². The molecule has 1 aliphatic rings. The fourth-order valence-corrected chi connectivity index (χ4v) is 5.21. The Hall–Kier alpha value is -4.95. The summed E-state index contributed by atoms with van der Waals surface area (Å²) >= 11 is 0. The fraction of sp³-hybridized carbons (Fsp3) is 0.417. The zero-order chi connectivity index (χ0) is 33.6. The number of aromatic amines is 1. The van der Waals surface area contributed by atoms with E-state index >= 15 is 0 Å². The van der Waals surface area contributed by atoms with Crippen molar-refractivity contribution >= 4 is 34.1 Å². The van der Waals surface area contributed by atoms with Crippen LogP contribution in [0.4, 0.5) is 11.5 Å². The van der Waals surface area contributed by atoms with Gasteiger partial charge in [-0.05, 0) is 44.2 Å². The molecular formula is C36H45N7O4. The second kappa shape index (κ2) is 17.7. The first-order valence-corrected chi connectivity index (χ1v) is 16.1. The van der Waals surface area contributed by atoms with E-state index in [0.717, 1.165) is 78.9 Å². The van der Waals surface area contributed by atoms with Crippen LogP contribution in [0, 0.1) is 18.3 Å². The Morgan fingerprint density at radius 1 is 1.09 bits per heavy atom. The number of hydrogen-bond donors (Lipinski definition) is 3. The van der Waals surface area contributed by atoms with Gasteiger partial charge in [-0.1, -0.05) is 31.8 Å². The third-order valence-corrected chi connectivity index (χ3v) is 8.00. The second-order valence-corrected chi connectivity index (χ2v) is 11.7. The number of methoxy groups -OCH3 is 1. The summed E-state index contributed by atoms with van der Waals surface area (Å²) in [6.07, 6.45) is 16.1. The number of aromatic nitrogens is 4. The van der Waals surface area contributed by atoms with Crippen molar-refractivity contribution in [2.75, 3.05) is 39.2 Å². The van der Waals surface area contributed by atoms with E-state index in [2.05, 4.69) is 36.1 Å². The molecule has 0 atom stereocenters. The molecule has 0 saturated carbocycles. The molecule has 1 amide bonds. The van der Waals surface area contributed by atoms with E-state index in [-0.39, 0.29) is 11.8 Å². The summed E-state index contributed by atoms with van der Waals surface area (Å²) in [4.78, 5) is 40.5. The minimum Gasteiger partial charge on any atom is -0.493 e. The van der Waals surface area contributed by atoms with Gasteiger partial charge < -0.3 is 30.4 Å². The maximum absolute atomic E-state index is 11.4. The molecule has 47 heavy (non-hydrogen) atoms. The highest BCUT2D eigenvalue weighted by Gasteiger charge is 2.27. The number of rotatable bonds is 16. The largest absolute Gasteiger partial charge is 0.493 e. The minimum atomic E-state index is -0.164. The zero-order valence-electron chi connectivity index (χ0n) is 27.6. The Morgan fingerprint density at radius 2 is 1.89 bits per heavy atom. The number of hydrogen-bond acceptors (Lipinski definition) is 9. The molecule has 2 aromatic carbocycles. The van der Waals surface area contributed by atoms with Crippen LogP contribution in [0.2, 0.25) is 0 Å². The van der Waals surface area contributed by atoms with Gasteiger partial charge in [-0.2, -0.15) is 0 Å². The first kappa shape index (κ1) is 34.9. The van der Waals surface area contributed by atoms with Gasteiger partial charge in [-0.25, -0.2) is 15.0 Å². The molecule has 248 valence electrons. The molecule has 2 aromatic heterocycles. The minimum absolute atomic E-state index is 0.125. The second-order valence-electron chi connectivity index (χ2n) is 11.7. The summed E-state index contributed by atoms with van der Waals surface area (Å²) in [6.45, 7) is 4.06. The number of primary amides is 1. The average Bonchev–Trinajstić information content (AvgIpc) is 3.52. The number of imidazole rings is 1. The van der Waals surface area contributed by atoms with Crippen molar-refractivity contribution in [3.8, 4) is 23.8 Å². The number of carbonyl (C=O) groups is 2. The number of nitrogens with zero attached hydrogens (tertiary/aromatic N) is 4. The summed E-state index contributed by atoms with van der Waals surface area (Å²) in [5.41, 5.74) is 8.38. The van der Waals surface area contributed by atoms with Gasteiger partial charge in [-0.3, -0.25) is 9.59 Å². The lowest BCUT2D eigenvalue weighted by atomic mass is 10.0. The monoisotopic (exact) mass is 639 g/mol. The van der Waals surface area contributed by atoms with Crippen molar-refractivity contribution in [3.63, 3.8) is 0 Å². The van der Waals surface area contributed by atoms with Crippen LogP contribution in [0.25, 0.3) is 10.9 Å². The van der Waals surface area contributed by atoms with Crippen molar-refractivity contribution in [1.82, 2.24) is 24.8 Å². The highest BCUT2D eigenvalue weighted by atomic mass is 16.5. The molecule has 0 aliphatic carbocycles. The number of unbranched alkanes of at least 4 members (excludes halogenated alkanes) is 3. The van der Waals surface area contributed by atoms with E-state index in [1.54, 1.807) is 7.11 Å². The topological polar surface area (TPSA) is 148 Å². The number of terminal acetylenes is 1. The number of amides is 1. The Morgan fingerprint density at radius 3 is 2.60 bits per heavy atom. The van der Waals surface area contributed by atoms with Crippen molar-refractivity contribution < 1.29 is 19.1 Å². The van der Waals surface area contributed by atoms with E-state index in [0.29, 0.717) is 49.0 Å². The molecule has 0 bridgehead atoms. The van der Waals surface area contributed by atoms with E-state index in [4.69, 9.17) is 21.6 Å². The SMILES string of the molecule is C#Cc1cccc(Nc2ncnc3cc(OC)c(OCCc4cnc(CCCCCCC(=O)CC)[nH]4)cc23)c1.CN1CC(C(N)=O)C1. The van der Waals surface area contributed by atoms with E-state index in [9.17, 15) is 9.59 Å². The highest BCUT2D eigenvalue weighted by molar-refractivity contribution is 5.93. The Balaban J connectivity index is 0.000000546. The smallest absolute Gasteiger partial charge is 0.223 e. The van der Waals surface area contributed by atoms with Crippen molar-refractivity contribution in [3.05, 3.63) is 66.0 Å². The maximum atomic E-state index is 11.4. The summed E-state index contributed by atoms with van der Waals surface area (Å²) in [7, 11) is 3.59. The van der Waals surface area contributed by atoms with Crippen LogP contribution in [0.5, 0.6) is 11.5 Å². The van der Waals surface area contributed by atoms with Gasteiger partial charge in [0.25, 0.3) is 0 Å². The normalized spacial score (nSPS) is 12.8. The lowest BCUT2D eigenvalue weighted by molar-refractivity contribution is -0.126. The first-order valence-electron chi connectivity index (χ1n) is 16.1. The number of ether oxygens (including phenoxy) is 2. The van der Waals surface area contributed by atoms with Crippen molar-refractivity contribution in [2.45, 2.75) is 58.3 Å². The average molecular weight is 640 g/mol. The number of nitrogens with two attached hydrogens (primary N) is 1. The Bertz CT molecular complexity index is 1670. The number of carbonyl (C=O) groups excluding carboxylic acids is 2. The maximum Gasteiger partial charge on any atom is 0.223 e. The number of nitrogens with one attached hydrogen (secondary N) is 2. The lowest BCUT2D eigenvalue weighted by Crippen LogP contribution is -2.50. The molecular weight excluding hydrogens is 594 g/mol. The molecule has 0 spiro atoms. The number of anilines is 2. The molecule has 4 N–H and O–H groups in total. The predicted molar refractivity (Wildman–Crippen MR) is 184 cm³/mol. The third-order valence-electron chi connectivity index (χ3n) is 8.00. The fourth-order valence-electron chi connectivity index (χ4n) is 5.21. The number of benzene rings is 2. The summed E-state index contributed by atoms with van der Waals surface area (Å²) in [5.74, 6) is 5.81. The Labute approximate surface area is 276 Å². The number of ketones is 1. The van der Waals surface area contributed by atoms with Gasteiger partial charge in [-0.15, -0.1) is 6.42 Å². The van der Waals surface area contributed by atoms with Gasteiger partial charge in [0.1, 0.15) is 23.8 Å². The van der Waals surface area contributed by atoms with Crippen LogP contribution in [0.1, 0.15) is 62.5 Å². The molecule has 1 saturated heterocycles. The zero-order valence-corrected chi connectivity index (χ0v) is 27.6. The van der Waals surface area contributed by atoms with Gasteiger partial charge >= 0.3 is 0 Å². The summed E-state index contributed by atoms with van der Waals surface area (Å²) < 4.78 is 11.7. The van der Waals surface area contributed by atoms with Gasteiger partial charge in [0.05, 0.1) is 25.2 Å². The molecule has 1 aliphatic heterocycles. The predicted octanol–water partition coefficient (Wildman–Crippen LogP) is 5.21. The lowest BCUT2D eigenvalue weighted by Gasteiger charge is -2.33. The van der Waals surface area contributed by atoms with Gasteiger partial charge in [0.2, 0.25) is 5.91 Å². The van der Waals surface area contributed by atoms with E-state index < -0.39 is 0 Å². The number of H-pyrrole nitrogens is 1. The standard InChI is InChI=1S/C31H35N5O3.C5H10N2O/c1-4-22-11-10-12-23(17-22)36-31-26-18-29(28(38-3)19-27(26)33-21-34-31)39-16-15-24-20-32-30(35-24)14-9-7-6-8-13-25(37)5-2;1-7-2-4(3-7)5(6)8/h1,10-12,17-21H,5-9,13-16H2,2-3H3,(H,32,35)(H,33,34,36);4H,2-3H2,1H3,(H2,6,8). The van der Waals surface area contributed by atoms with Crippen LogP contribution in [0.15, 0.2) is 48.9 Å². The summed E-state index contributed by atoms with van der Waals surface area (Å²) in [6, 6.07) is 11.4. The molecule has 3 heterocycles. The van der Waals surface area contributed by atoms with E-state index in [1.807, 2.05) is 56.6 Å². The number of likely N-dealkylation sites (tertiary alicyclic amines) is 1. The molecule has 0 radical (unpaired) electrons. The quantitative estimate of drug-likeness (QED) is 0.111. The molecule has 5 rings (SSSR count). The van der Waals surface area contributed by atoms with Crippen molar-refractivity contribution in [2.24, 2.45) is 11.7 Å². The Kier molecular flexibility index (Phi) is 13.1. The molecule has 11 nitrogen and oxygen atoms in total. The third kappa shape index (κ3) is 10.5. The van der Waals surface area contributed by atoms with Crippen molar-refractivity contribution in [1.29, 1.82) is 0 Å². The number of Topliss-reactive ketones (excluding diaryl/α,β-unsaturated/α-hetero) is 1. The first-order chi connectivity index (χ1) is 22.8. The van der Waals surface area contributed by atoms with Crippen LogP contribution in [-0.4, -0.2) is 70.4 Å². The van der Waals surface area contributed by atoms with E-state index in [1.165, 1.54) is 6.33 Å². The molecule has 11 heteroatoms. The molecule has 0 unspecified atom stereocenters. The van der Waals surface area contributed by atoms with Crippen LogP contribution >= 0.6 is 0 Å². The van der Waals surface area contributed by atoms with Crippen LogP contribution in [0.3, 0.4) is 0 Å². The number of fused-ring (bicyclic) bond motifs is 1. The van der Waals surface area contributed by atoms with Gasteiger partial charge in [0.15, 0.2) is 11.5 Å².